The lowest BCUT2D eigenvalue weighted by Crippen LogP contribution is -2.24. The standard InChI is InChI=1S/C9H10N2O5/c1-9(2,16-11(14)15)7-3-5-8(6-4-7)10(12)13/h3-6H,1-2H3. The van der Waals surface area contributed by atoms with Crippen molar-refractivity contribution in [3.8, 4) is 0 Å². The molecule has 1 aromatic rings. The van der Waals surface area contributed by atoms with Crippen LogP contribution in [0, 0.1) is 20.2 Å². The molecule has 0 fully saturated rings. The van der Waals surface area contributed by atoms with Gasteiger partial charge in [-0.15, -0.1) is 10.1 Å². The molecule has 7 nitrogen and oxygen atoms in total. The normalized spacial score (nSPS) is 10.9. The van der Waals surface area contributed by atoms with Crippen LogP contribution in [-0.2, 0) is 10.4 Å². The largest absolute Gasteiger partial charge is 0.303 e. The highest BCUT2D eigenvalue weighted by atomic mass is 17.0. The fraction of sp³-hybridized carbons (Fsp3) is 0.333. The van der Waals surface area contributed by atoms with Gasteiger partial charge >= 0.3 is 0 Å². The first kappa shape index (κ1) is 11.9. The van der Waals surface area contributed by atoms with E-state index in [0.29, 0.717) is 5.56 Å². The summed E-state index contributed by atoms with van der Waals surface area (Å²) in [7, 11) is 0. The smallest absolute Gasteiger partial charge is 0.295 e. The van der Waals surface area contributed by atoms with Gasteiger partial charge < -0.3 is 4.84 Å². The molecule has 0 N–H and O–H groups in total. The van der Waals surface area contributed by atoms with Crippen molar-refractivity contribution in [3.05, 3.63) is 50.1 Å². The van der Waals surface area contributed by atoms with Gasteiger partial charge in [-0.3, -0.25) is 10.1 Å². The first-order valence-electron chi connectivity index (χ1n) is 4.41. The third-order valence-corrected chi connectivity index (χ3v) is 2.08. The zero-order valence-corrected chi connectivity index (χ0v) is 8.75. The number of benzene rings is 1. The maximum atomic E-state index is 10.4. The Labute approximate surface area is 90.9 Å². The van der Waals surface area contributed by atoms with E-state index in [9.17, 15) is 20.2 Å². The van der Waals surface area contributed by atoms with E-state index < -0.39 is 15.6 Å². The summed E-state index contributed by atoms with van der Waals surface area (Å²) in [6.45, 7) is 3.02. The third-order valence-electron chi connectivity index (χ3n) is 2.08. The van der Waals surface area contributed by atoms with Gasteiger partial charge in [0.25, 0.3) is 10.8 Å². The molecule has 0 radical (unpaired) electrons. The number of rotatable bonds is 4. The predicted octanol–water partition coefficient (Wildman–Crippen LogP) is 2.04. The molecule has 0 saturated heterocycles. The van der Waals surface area contributed by atoms with Gasteiger partial charge in [-0.25, -0.2) is 0 Å². The molecule has 1 rings (SSSR count). The summed E-state index contributed by atoms with van der Waals surface area (Å²) in [6.07, 6.45) is 0. The lowest BCUT2D eigenvalue weighted by atomic mass is 9.98. The van der Waals surface area contributed by atoms with Gasteiger partial charge in [0.05, 0.1) is 4.92 Å². The molecule has 0 aliphatic rings. The Bertz CT molecular complexity index is 412. The lowest BCUT2D eigenvalue weighted by Gasteiger charge is -2.21. The van der Waals surface area contributed by atoms with E-state index in [-0.39, 0.29) is 5.69 Å². The highest BCUT2D eigenvalue weighted by Crippen LogP contribution is 2.26. The monoisotopic (exact) mass is 226 g/mol. The summed E-state index contributed by atoms with van der Waals surface area (Å²) >= 11 is 0. The van der Waals surface area contributed by atoms with Crippen molar-refractivity contribution >= 4 is 5.69 Å². The van der Waals surface area contributed by atoms with Crippen molar-refractivity contribution in [1.29, 1.82) is 0 Å². The quantitative estimate of drug-likeness (QED) is 0.578. The van der Waals surface area contributed by atoms with Crippen molar-refractivity contribution in [2.45, 2.75) is 19.4 Å². The molecule has 86 valence electrons. The topological polar surface area (TPSA) is 95.5 Å². The third kappa shape index (κ3) is 2.66. The maximum Gasteiger partial charge on any atom is 0.295 e. The fourth-order valence-electron chi connectivity index (χ4n) is 1.22. The Hall–Kier alpha value is -2.18. The van der Waals surface area contributed by atoms with Crippen LogP contribution < -0.4 is 0 Å². The second kappa shape index (κ2) is 4.13. The molecule has 0 amide bonds. The van der Waals surface area contributed by atoms with E-state index in [1.54, 1.807) is 0 Å². The van der Waals surface area contributed by atoms with Gasteiger partial charge in [-0.05, 0) is 31.5 Å². The molecule has 16 heavy (non-hydrogen) atoms. The summed E-state index contributed by atoms with van der Waals surface area (Å²) in [5.74, 6) is 0. The first-order valence-corrected chi connectivity index (χ1v) is 4.41. The molecule has 0 atom stereocenters. The second-order valence-electron chi connectivity index (χ2n) is 3.63. The van der Waals surface area contributed by atoms with Crippen LogP contribution in [0.5, 0.6) is 0 Å². The van der Waals surface area contributed by atoms with Gasteiger partial charge in [0, 0.05) is 12.1 Å². The van der Waals surface area contributed by atoms with Gasteiger partial charge in [0.15, 0.2) is 0 Å². The molecule has 0 aliphatic heterocycles. The summed E-state index contributed by atoms with van der Waals surface area (Å²) in [5.41, 5.74) is -0.700. The highest BCUT2D eigenvalue weighted by molar-refractivity contribution is 5.34. The molecular weight excluding hydrogens is 216 g/mol. The molecule has 0 aromatic heterocycles. The van der Waals surface area contributed by atoms with Gasteiger partial charge in [0.1, 0.15) is 5.60 Å². The Kier molecular flexibility index (Phi) is 3.07. The number of nitrogens with zero attached hydrogens (tertiary/aromatic N) is 2. The van der Waals surface area contributed by atoms with Crippen molar-refractivity contribution in [2.75, 3.05) is 0 Å². The summed E-state index contributed by atoms with van der Waals surface area (Å²) in [4.78, 5) is 24.6. The van der Waals surface area contributed by atoms with Gasteiger partial charge in [-0.2, -0.15) is 0 Å². The van der Waals surface area contributed by atoms with Crippen LogP contribution >= 0.6 is 0 Å². The number of nitro groups is 1. The Balaban J connectivity index is 2.96. The van der Waals surface area contributed by atoms with E-state index in [1.807, 2.05) is 0 Å². The molecule has 0 spiro atoms. The van der Waals surface area contributed by atoms with Crippen LogP contribution in [0.15, 0.2) is 24.3 Å². The maximum absolute atomic E-state index is 10.4. The van der Waals surface area contributed by atoms with E-state index in [0.717, 1.165) is 0 Å². The van der Waals surface area contributed by atoms with E-state index in [2.05, 4.69) is 4.84 Å². The van der Waals surface area contributed by atoms with E-state index >= 15 is 0 Å². The van der Waals surface area contributed by atoms with E-state index in [1.165, 1.54) is 38.1 Å². The average molecular weight is 226 g/mol. The van der Waals surface area contributed by atoms with E-state index in [4.69, 9.17) is 0 Å². The number of non-ortho nitro benzene ring substituents is 1. The molecule has 0 unspecified atom stereocenters. The molecule has 7 heteroatoms. The average Bonchev–Trinajstić information content (AvgIpc) is 2.16. The minimum atomic E-state index is -1.13. The second-order valence-corrected chi connectivity index (χ2v) is 3.63. The Morgan fingerprint density at radius 3 is 2.00 bits per heavy atom. The number of hydrogen-bond donors (Lipinski definition) is 0. The van der Waals surface area contributed by atoms with Crippen LogP contribution in [0.25, 0.3) is 0 Å². The Morgan fingerprint density at radius 2 is 1.62 bits per heavy atom. The predicted molar refractivity (Wildman–Crippen MR) is 54.2 cm³/mol. The SMILES string of the molecule is CC(C)(O[N+](=O)[O-])c1ccc([N+](=O)[O-])cc1. The van der Waals surface area contributed by atoms with Gasteiger partial charge in [-0.1, -0.05) is 0 Å². The van der Waals surface area contributed by atoms with Crippen LogP contribution in [0.2, 0.25) is 0 Å². The molecule has 0 heterocycles. The van der Waals surface area contributed by atoms with Crippen molar-refractivity contribution in [3.63, 3.8) is 0 Å². The molecule has 0 bridgehead atoms. The number of hydrogen-bond acceptors (Lipinski definition) is 5. The van der Waals surface area contributed by atoms with Crippen LogP contribution in [0.4, 0.5) is 5.69 Å². The summed E-state index contributed by atoms with van der Waals surface area (Å²) < 4.78 is 0. The minimum Gasteiger partial charge on any atom is -0.303 e. The molecule has 1 aromatic carbocycles. The number of nitro benzene ring substituents is 1. The zero-order chi connectivity index (χ0) is 12.3. The lowest BCUT2D eigenvalue weighted by molar-refractivity contribution is -0.782. The van der Waals surface area contributed by atoms with Crippen molar-refractivity contribution < 1.29 is 14.8 Å². The van der Waals surface area contributed by atoms with Crippen LogP contribution in [0.3, 0.4) is 0 Å². The molecule has 0 aliphatic carbocycles. The Morgan fingerprint density at radius 1 is 1.12 bits per heavy atom. The fourth-order valence-corrected chi connectivity index (χ4v) is 1.22. The van der Waals surface area contributed by atoms with Crippen molar-refractivity contribution in [2.24, 2.45) is 0 Å². The summed E-state index contributed by atoms with van der Waals surface area (Å²) in [6, 6.07) is 5.42. The zero-order valence-electron chi connectivity index (χ0n) is 8.75. The molecule has 0 saturated carbocycles. The molecular formula is C9H10N2O5. The first-order chi connectivity index (χ1) is 7.33. The minimum absolute atomic E-state index is 0.0688. The van der Waals surface area contributed by atoms with Gasteiger partial charge in [0.2, 0.25) is 0 Å². The van der Waals surface area contributed by atoms with Crippen LogP contribution in [-0.4, -0.2) is 10.0 Å². The van der Waals surface area contributed by atoms with Crippen LogP contribution in [0.1, 0.15) is 19.4 Å². The summed E-state index contributed by atoms with van der Waals surface area (Å²) in [5, 5.41) is 19.8. The highest BCUT2D eigenvalue weighted by Gasteiger charge is 2.25. The van der Waals surface area contributed by atoms with Crippen molar-refractivity contribution in [1.82, 2.24) is 0 Å².